The van der Waals surface area contributed by atoms with Crippen LogP contribution >= 0.6 is 0 Å². The minimum atomic E-state index is -0.908. The Morgan fingerprint density at radius 2 is 2.17 bits per heavy atom. The molecule has 3 rings (SSSR count). The minimum absolute atomic E-state index is 0.0984. The van der Waals surface area contributed by atoms with E-state index in [0.717, 1.165) is 12.3 Å². The van der Waals surface area contributed by atoms with Crippen molar-refractivity contribution in [3.63, 3.8) is 0 Å². The molecule has 2 aromatic heterocycles. The molecule has 23 heavy (non-hydrogen) atoms. The summed E-state index contributed by atoms with van der Waals surface area (Å²) in [4.78, 5) is 16.1. The summed E-state index contributed by atoms with van der Waals surface area (Å²) in [6.45, 7) is 2.80. The zero-order valence-electron chi connectivity index (χ0n) is 12.3. The molecule has 0 aliphatic carbocycles. The third-order valence-corrected chi connectivity index (χ3v) is 3.50. The maximum atomic E-state index is 12.9. The van der Waals surface area contributed by atoms with E-state index >= 15 is 0 Å². The van der Waals surface area contributed by atoms with Crippen molar-refractivity contribution >= 4 is 5.78 Å². The molecule has 7 nitrogen and oxygen atoms in total. The number of hydrogen-bond acceptors (Lipinski definition) is 6. The van der Waals surface area contributed by atoms with Gasteiger partial charge in [-0.1, -0.05) is 0 Å². The van der Waals surface area contributed by atoms with E-state index in [4.69, 9.17) is 9.47 Å². The van der Waals surface area contributed by atoms with Gasteiger partial charge < -0.3 is 9.47 Å². The van der Waals surface area contributed by atoms with Crippen LogP contribution in [-0.2, 0) is 16.0 Å². The van der Waals surface area contributed by atoms with Gasteiger partial charge in [0.15, 0.2) is 5.79 Å². The maximum Gasteiger partial charge on any atom is 0.213 e. The summed E-state index contributed by atoms with van der Waals surface area (Å²) >= 11 is 0. The second-order valence-corrected chi connectivity index (χ2v) is 5.21. The van der Waals surface area contributed by atoms with Crippen molar-refractivity contribution in [2.24, 2.45) is 0 Å². The molecule has 3 heterocycles. The molecule has 2 aromatic rings. The Bertz CT molecular complexity index is 773. The molecule has 0 saturated carbocycles. The average Bonchev–Trinajstić information content (AvgIpc) is 3.14. The summed E-state index contributed by atoms with van der Waals surface area (Å²) in [7, 11) is 0. The summed E-state index contributed by atoms with van der Waals surface area (Å²) in [6.07, 6.45) is 2.43. The second-order valence-electron chi connectivity index (χ2n) is 5.21. The highest BCUT2D eigenvalue weighted by Gasteiger charge is 2.34. The quantitative estimate of drug-likeness (QED) is 0.623. The number of halogens is 1. The highest BCUT2D eigenvalue weighted by molar-refractivity contribution is 6.09. The number of carbonyl (C=O) groups excluding carboxylic acids is 1. The molecule has 0 amide bonds. The Balaban J connectivity index is 1.97. The van der Waals surface area contributed by atoms with Crippen molar-refractivity contribution in [3.05, 3.63) is 47.3 Å². The van der Waals surface area contributed by atoms with Crippen LogP contribution in [0.4, 0.5) is 4.39 Å². The summed E-state index contributed by atoms with van der Waals surface area (Å²) in [6, 6.07) is 4.34. The fourth-order valence-electron chi connectivity index (χ4n) is 2.39. The van der Waals surface area contributed by atoms with E-state index < -0.39 is 17.5 Å². The number of pyridine rings is 1. The van der Waals surface area contributed by atoms with E-state index in [2.05, 4.69) is 10.1 Å². The molecule has 1 fully saturated rings. The van der Waals surface area contributed by atoms with E-state index in [0.29, 0.717) is 13.2 Å². The van der Waals surface area contributed by atoms with Crippen molar-refractivity contribution < 1.29 is 18.7 Å². The van der Waals surface area contributed by atoms with Gasteiger partial charge in [0.25, 0.3) is 0 Å². The molecule has 0 spiro atoms. The Morgan fingerprint density at radius 1 is 1.43 bits per heavy atom. The van der Waals surface area contributed by atoms with Gasteiger partial charge in [0, 0.05) is 11.8 Å². The molecule has 0 unspecified atom stereocenters. The minimum Gasteiger partial charge on any atom is -0.346 e. The van der Waals surface area contributed by atoms with Crippen molar-refractivity contribution in [3.8, 4) is 6.07 Å². The van der Waals surface area contributed by atoms with Gasteiger partial charge in [-0.3, -0.25) is 9.48 Å². The van der Waals surface area contributed by atoms with Crippen molar-refractivity contribution in [1.29, 1.82) is 5.26 Å². The van der Waals surface area contributed by atoms with Crippen LogP contribution in [0.25, 0.3) is 0 Å². The smallest absolute Gasteiger partial charge is 0.213 e. The molecule has 0 bridgehead atoms. The topological polar surface area (TPSA) is 90.0 Å². The van der Waals surface area contributed by atoms with Crippen molar-refractivity contribution in [1.82, 2.24) is 14.8 Å². The molecule has 1 saturated heterocycles. The van der Waals surface area contributed by atoms with Crippen molar-refractivity contribution in [2.75, 3.05) is 13.2 Å². The molecule has 0 atom stereocenters. The number of carbonyl (C=O) groups is 1. The lowest BCUT2D eigenvalue weighted by Crippen LogP contribution is -2.33. The Hall–Kier alpha value is -2.63. The van der Waals surface area contributed by atoms with Gasteiger partial charge in [-0.05, 0) is 19.1 Å². The summed E-state index contributed by atoms with van der Waals surface area (Å²) in [5.41, 5.74) is 0.394. The number of hydrogen-bond donors (Lipinski definition) is 0. The first-order valence-electron chi connectivity index (χ1n) is 6.92. The average molecular weight is 316 g/mol. The molecular weight excluding hydrogens is 303 g/mol. The summed E-state index contributed by atoms with van der Waals surface area (Å²) < 4.78 is 25.3. The molecule has 0 N–H and O–H groups in total. The predicted molar refractivity (Wildman–Crippen MR) is 74.9 cm³/mol. The van der Waals surface area contributed by atoms with E-state index in [9.17, 15) is 14.4 Å². The summed E-state index contributed by atoms with van der Waals surface area (Å²) in [5.74, 6) is -2.06. The first-order valence-corrected chi connectivity index (χ1v) is 6.92. The number of nitrogens with zero attached hydrogens (tertiary/aromatic N) is 4. The van der Waals surface area contributed by atoms with Gasteiger partial charge in [-0.15, -0.1) is 0 Å². The molecule has 1 aliphatic rings. The molecule has 0 radical (unpaired) electrons. The highest BCUT2D eigenvalue weighted by Crippen LogP contribution is 2.23. The Kier molecular flexibility index (Phi) is 3.90. The van der Waals surface area contributed by atoms with Gasteiger partial charge in [-0.2, -0.15) is 14.8 Å². The summed E-state index contributed by atoms with van der Waals surface area (Å²) in [5, 5.41) is 13.3. The SMILES string of the molecule is CC1(Cn2ncc(C#N)c2C(=O)c2ccc(F)nc2)OCCO1. The fraction of sp³-hybridized carbons (Fsp3) is 0.333. The Morgan fingerprint density at radius 3 is 2.78 bits per heavy atom. The number of ether oxygens (including phenoxy) is 2. The lowest BCUT2D eigenvalue weighted by molar-refractivity contribution is -0.153. The lowest BCUT2D eigenvalue weighted by Gasteiger charge is -2.22. The van der Waals surface area contributed by atoms with Gasteiger partial charge in [0.05, 0.1) is 26.0 Å². The maximum absolute atomic E-state index is 12.9. The molecule has 1 aliphatic heterocycles. The lowest BCUT2D eigenvalue weighted by atomic mass is 10.1. The van der Waals surface area contributed by atoms with Crippen molar-refractivity contribution in [2.45, 2.75) is 19.3 Å². The number of aromatic nitrogens is 3. The van der Waals surface area contributed by atoms with E-state index in [1.54, 1.807) is 6.92 Å². The van der Waals surface area contributed by atoms with E-state index in [1.807, 2.05) is 6.07 Å². The first kappa shape index (κ1) is 15.3. The monoisotopic (exact) mass is 316 g/mol. The third-order valence-electron chi connectivity index (χ3n) is 3.50. The Labute approximate surface area is 131 Å². The second kappa shape index (κ2) is 5.87. The van der Waals surface area contributed by atoms with Gasteiger partial charge in [-0.25, -0.2) is 4.98 Å². The molecule has 8 heteroatoms. The number of nitriles is 1. The zero-order chi connectivity index (χ0) is 16.4. The molecule has 0 aromatic carbocycles. The third kappa shape index (κ3) is 2.97. The number of rotatable bonds is 4. The predicted octanol–water partition coefficient (Wildman–Crippen LogP) is 1.28. The van der Waals surface area contributed by atoms with Crippen LogP contribution in [0, 0.1) is 17.3 Å². The highest BCUT2D eigenvalue weighted by atomic mass is 19.1. The van der Waals surface area contributed by atoms with E-state index in [1.165, 1.54) is 16.9 Å². The standard InChI is InChI=1S/C15H13FN4O3/c1-15(22-4-5-23-15)9-20-13(11(6-17)8-19-20)14(21)10-2-3-12(16)18-7-10/h2-3,7-8H,4-5,9H2,1H3. The number of ketones is 1. The van der Waals surface area contributed by atoms with Crippen LogP contribution in [0.3, 0.4) is 0 Å². The fourth-order valence-corrected chi connectivity index (χ4v) is 2.39. The zero-order valence-corrected chi connectivity index (χ0v) is 12.3. The van der Waals surface area contributed by atoms with Crippen LogP contribution < -0.4 is 0 Å². The largest absolute Gasteiger partial charge is 0.346 e. The first-order chi connectivity index (χ1) is 11.0. The van der Waals surface area contributed by atoms with Crippen LogP contribution in [0.1, 0.15) is 28.5 Å². The van der Waals surface area contributed by atoms with Gasteiger partial charge in [0.1, 0.15) is 17.3 Å². The van der Waals surface area contributed by atoms with Crippen LogP contribution in [0.2, 0.25) is 0 Å². The molecule has 118 valence electrons. The van der Waals surface area contributed by atoms with Gasteiger partial charge >= 0.3 is 0 Å². The van der Waals surface area contributed by atoms with Crippen LogP contribution in [-0.4, -0.2) is 39.5 Å². The normalized spacial score (nSPS) is 16.2. The van der Waals surface area contributed by atoms with Gasteiger partial charge in [0.2, 0.25) is 11.7 Å². The van der Waals surface area contributed by atoms with E-state index in [-0.39, 0.29) is 23.4 Å². The van der Waals surface area contributed by atoms with Crippen LogP contribution in [0.15, 0.2) is 24.5 Å². The van der Waals surface area contributed by atoms with Crippen LogP contribution in [0.5, 0.6) is 0 Å². The molecular formula is C15H13FN4O3.